The van der Waals surface area contributed by atoms with Gasteiger partial charge in [-0.05, 0) is 24.6 Å². The molecule has 64 valence electrons. The zero-order valence-corrected chi connectivity index (χ0v) is 6.66. The number of nitrogens with two attached hydrogens (primary N) is 2. The van der Waals surface area contributed by atoms with Gasteiger partial charge in [0.05, 0.1) is 11.3 Å². The van der Waals surface area contributed by atoms with E-state index in [1.807, 2.05) is 0 Å². The maximum Gasteiger partial charge on any atom is 0.252 e. The smallest absolute Gasteiger partial charge is 0.252 e. The lowest BCUT2D eigenvalue weighted by molar-refractivity contribution is 0.0998. The van der Waals surface area contributed by atoms with E-state index < -0.39 is 5.91 Å². The number of primary amides is 1. The fraction of sp³-hybridized carbons (Fsp3) is 0.125. The predicted molar refractivity (Wildman–Crippen MR) is 45.8 cm³/mol. The van der Waals surface area contributed by atoms with Crippen molar-refractivity contribution in [2.75, 3.05) is 5.73 Å². The molecule has 1 aromatic rings. The number of anilines is 1. The fourth-order valence-corrected chi connectivity index (χ4v) is 0.995. The molecule has 0 saturated carbocycles. The fourth-order valence-electron chi connectivity index (χ4n) is 0.995. The molecule has 1 aromatic carbocycles. The minimum atomic E-state index is -0.678. The molecule has 4 nitrogen and oxygen atoms in total. The van der Waals surface area contributed by atoms with Crippen molar-refractivity contribution in [2.45, 2.75) is 6.92 Å². The standard InChI is InChI=1S/C8H10N2O2/c1-4-2-5(8(10)12)7(11)6(9)3-4/h2-3,11H,9H2,1H3,(H2,10,12). The summed E-state index contributed by atoms with van der Waals surface area (Å²) in [6.45, 7) is 1.77. The lowest BCUT2D eigenvalue weighted by Gasteiger charge is -2.04. The van der Waals surface area contributed by atoms with E-state index in [0.29, 0.717) is 0 Å². The second-order valence-electron chi connectivity index (χ2n) is 2.61. The summed E-state index contributed by atoms with van der Waals surface area (Å²) >= 11 is 0. The first-order chi connectivity index (χ1) is 5.52. The molecule has 0 aliphatic carbocycles. The minimum Gasteiger partial charge on any atom is -0.505 e. The average Bonchev–Trinajstić information content (AvgIpc) is 1.96. The Morgan fingerprint density at radius 2 is 2.08 bits per heavy atom. The van der Waals surface area contributed by atoms with E-state index in [0.717, 1.165) is 5.56 Å². The molecule has 0 atom stereocenters. The van der Waals surface area contributed by atoms with E-state index in [1.165, 1.54) is 6.07 Å². The van der Waals surface area contributed by atoms with Gasteiger partial charge < -0.3 is 16.6 Å². The zero-order chi connectivity index (χ0) is 9.30. The summed E-state index contributed by atoms with van der Waals surface area (Å²) in [5.74, 6) is -0.920. The molecule has 0 spiro atoms. The zero-order valence-electron chi connectivity index (χ0n) is 6.66. The van der Waals surface area contributed by atoms with Crippen LogP contribution in [-0.2, 0) is 0 Å². The number of aromatic hydroxyl groups is 1. The van der Waals surface area contributed by atoms with Crippen LogP contribution in [0, 0.1) is 6.92 Å². The van der Waals surface area contributed by atoms with E-state index in [-0.39, 0.29) is 17.0 Å². The van der Waals surface area contributed by atoms with Crippen molar-refractivity contribution >= 4 is 11.6 Å². The Labute approximate surface area is 69.8 Å². The van der Waals surface area contributed by atoms with Crippen LogP contribution < -0.4 is 11.5 Å². The molecule has 0 fully saturated rings. The number of carbonyl (C=O) groups is 1. The van der Waals surface area contributed by atoms with Gasteiger partial charge in [-0.1, -0.05) is 0 Å². The van der Waals surface area contributed by atoms with Crippen molar-refractivity contribution in [1.29, 1.82) is 0 Å². The van der Waals surface area contributed by atoms with Gasteiger partial charge >= 0.3 is 0 Å². The normalized spacial score (nSPS) is 9.75. The van der Waals surface area contributed by atoms with Crippen LogP contribution >= 0.6 is 0 Å². The lowest BCUT2D eigenvalue weighted by atomic mass is 10.1. The molecule has 12 heavy (non-hydrogen) atoms. The van der Waals surface area contributed by atoms with Gasteiger partial charge in [-0.15, -0.1) is 0 Å². The highest BCUT2D eigenvalue weighted by molar-refractivity contribution is 5.97. The Kier molecular flexibility index (Phi) is 1.91. The number of hydrogen-bond acceptors (Lipinski definition) is 3. The molecule has 4 heteroatoms. The molecule has 0 aromatic heterocycles. The van der Waals surface area contributed by atoms with Crippen LogP contribution in [0.25, 0.3) is 0 Å². The second-order valence-corrected chi connectivity index (χ2v) is 2.61. The molecule has 0 aliphatic rings. The molecule has 0 heterocycles. The third-order valence-corrected chi connectivity index (χ3v) is 1.55. The van der Waals surface area contributed by atoms with Crippen molar-refractivity contribution < 1.29 is 9.90 Å². The monoisotopic (exact) mass is 166 g/mol. The van der Waals surface area contributed by atoms with Crippen LogP contribution in [0.4, 0.5) is 5.69 Å². The molecule has 1 amide bonds. The van der Waals surface area contributed by atoms with Gasteiger partial charge in [0.2, 0.25) is 0 Å². The van der Waals surface area contributed by atoms with Crippen LogP contribution in [0.1, 0.15) is 15.9 Å². The lowest BCUT2D eigenvalue weighted by Crippen LogP contribution is -2.12. The minimum absolute atomic E-state index is 0.0625. The van der Waals surface area contributed by atoms with Crippen LogP contribution in [-0.4, -0.2) is 11.0 Å². The molecule has 1 rings (SSSR count). The van der Waals surface area contributed by atoms with Gasteiger partial charge in [0, 0.05) is 0 Å². The predicted octanol–water partition coefficient (Wildman–Crippen LogP) is 0.382. The van der Waals surface area contributed by atoms with Gasteiger partial charge in [0.15, 0.2) is 5.75 Å². The first-order valence-electron chi connectivity index (χ1n) is 3.41. The molecule has 0 aliphatic heterocycles. The van der Waals surface area contributed by atoms with E-state index in [1.54, 1.807) is 13.0 Å². The number of amides is 1. The van der Waals surface area contributed by atoms with Crippen molar-refractivity contribution in [1.82, 2.24) is 0 Å². The van der Waals surface area contributed by atoms with Crippen molar-refractivity contribution in [3.63, 3.8) is 0 Å². The van der Waals surface area contributed by atoms with Crippen molar-refractivity contribution in [3.8, 4) is 5.75 Å². The molecule has 0 radical (unpaired) electrons. The Morgan fingerprint density at radius 1 is 1.50 bits per heavy atom. The third kappa shape index (κ3) is 1.32. The molecule has 0 bridgehead atoms. The number of aryl methyl sites for hydroxylation is 1. The molecular weight excluding hydrogens is 156 g/mol. The highest BCUT2D eigenvalue weighted by atomic mass is 16.3. The number of benzene rings is 1. The Morgan fingerprint density at radius 3 is 2.58 bits per heavy atom. The highest BCUT2D eigenvalue weighted by Gasteiger charge is 2.10. The average molecular weight is 166 g/mol. The molecular formula is C8H10N2O2. The largest absolute Gasteiger partial charge is 0.505 e. The Hall–Kier alpha value is -1.71. The van der Waals surface area contributed by atoms with Crippen LogP contribution in [0.3, 0.4) is 0 Å². The van der Waals surface area contributed by atoms with Gasteiger partial charge in [0.25, 0.3) is 5.91 Å². The van der Waals surface area contributed by atoms with Gasteiger partial charge in [0.1, 0.15) is 0 Å². The number of carbonyl (C=O) groups excluding carboxylic acids is 1. The Bertz CT molecular complexity index is 334. The van der Waals surface area contributed by atoms with Crippen LogP contribution in [0.5, 0.6) is 5.75 Å². The van der Waals surface area contributed by atoms with E-state index in [2.05, 4.69) is 0 Å². The number of hydrogen-bond donors (Lipinski definition) is 3. The summed E-state index contributed by atoms with van der Waals surface area (Å²) in [6.07, 6.45) is 0. The number of nitrogen functional groups attached to an aromatic ring is 1. The summed E-state index contributed by atoms with van der Waals surface area (Å²) < 4.78 is 0. The number of rotatable bonds is 1. The first kappa shape index (κ1) is 8.39. The summed E-state index contributed by atoms with van der Waals surface area (Å²) in [7, 11) is 0. The van der Waals surface area contributed by atoms with Gasteiger partial charge in [-0.25, -0.2) is 0 Å². The second kappa shape index (κ2) is 2.73. The SMILES string of the molecule is Cc1cc(N)c(O)c(C(N)=O)c1. The van der Waals surface area contributed by atoms with Crippen LogP contribution in [0.15, 0.2) is 12.1 Å². The number of phenols is 1. The maximum atomic E-state index is 10.7. The summed E-state index contributed by atoms with van der Waals surface area (Å²) in [5.41, 5.74) is 11.4. The van der Waals surface area contributed by atoms with E-state index >= 15 is 0 Å². The third-order valence-electron chi connectivity index (χ3n) is 1.55. The first-order valence-corrected chi connectivity index (χ1v) is 3.41. The van der Waals surface area contributed by atoms with Crippen molar-refractivity contribution in [2.24, 2.45) is 5.73 Å². The van der Waals surface area contributed by atoms with Gasteiger partial charge in [-0.3, -0.25) is 4.79 Å². The van der Waals surface area contributed by atoms with E-state index in [9.17, 15) is 9.90 Å². The quantitative estimate of drug-likeness (QED) is 0.416. The summed E-state index contributed by atoms with van der Waals surface area (Å²) in [4.78, 5) is 10.7. The molecule has 5 N–H and O–H groups in total. The summed E-state index contributed by atoms with van der Waals surface area (Å²) in [5, 5.41) is 9.27. The summed E-state index contributed by atoms with van der Waals surface area (Å²) in [6, 6.07) is 3.07. The topological polar surface area (TPSA) is 89.3 Å². The maximum absolute atomic E-state index is 10.7. The molecule has 0 saturated heterocycles. The highest BCUT2D eigenvalue weighted by Crippen LogP contribution is 2.25. The van der Waals surface area contributed by atoms with Crippen LogP contribution in [0.2, 0.25) is 0 Å². The Balaban J connectivity index is 3.37. The van der Waals surface area contributed by atoms with Gasteiger partial charge in [-0.2, -0.15) is 0 Å². The van der Waals surface area contributed by atoms with Crippen molar-refractivity contribution in [3.05, 3.63) is 23.3 Å². The molecule has 0 unspecified atom stereocenters. The van der Waals surface area contributed by atoms with E-state index in [4.69, 9.17) is 11.5 Å².